The summed E-state index contributed by atoms with van der Waals surface area (Å²) < 4.78 is 26.3. The Morgan fingerprint density at radius 1 is 1.00 bits per heavy atom. The van der Waals surface area contributed by atoms with Crippen LogP contribution in [0.4, 0.5) is 14.5 Å². The van der Waals surface area contributed by atoms with Crippen molar-refractivity contribution in [3.8, 4) is 0 Å². The van der Waals surface area contributed by atoms with Gasteiger partial charge in [-0.05, 0) is 36.8 Å². The van der Waals surface area contributed by atoms with E-state index >= 15 is 0 Å². The van der Waals surface area contributed by atoms with Crippen LogP contribution in [-0.4, -0.2) is 0 Å². The van der Waals surface area contributed by atoms with E-state index in [1.165, 1.54) is 12.1 Å². The van der Waals surface area contributed by atoms with Crippen molar-refractivity contribution >= 4 is 28.9 Å². The highest BCUT2D eigenvalue weighted by molar-refractivity contribution is 6.39. The summed E-state index contributed by atoms with van der Waals surface area (Å²) >= 11 is 12.1. The highest BCUT2D eigenvalue weighted by Crippen LogP contribution is 2.33. The number of rotatable bonds is 3. The fraction of sp³-hybridized carbons (Fsp3) is 0.143. The molecule has 0 aliphatic heterocycles. The maximum atomic E-state index is 13.2. The second-order valence-electron chi connectivity index (χ2n) is 4.17. The molecule has 1 N–H and O–H groups in total. The Morgan fingerprint density at radius 2 is 1.53 bits per heavy atom. The molecule has 5 heteroatoms. The van der Waals surface area contributed by atoms with Crippen LogP contribution in [0.15, 0.2) is 36.4 Å². The van der Waals surface area contributed by atoms with Crippen LogP contribution in [0.3, 0.4) is 0 Å². The van der Waals surface area contributed by atoms with Gasteiger partial charge in [-0.25, -0.2) is 8.78 Å². The Balaban J connectivity index is 2.28. The van der Waals surface area contributed by atoms with Gasteiger partial charge < -0.3 is 5.32 Å². The van der Waals surface area contributed by atoms with Gasteiger partial charge in [-0.15, -0.1) is 0 Å². The molecule has 1 unspecified atom stereocenters. The molecular formula is C14H11Cl2F2N. The van der Waals surface area contributed by atoms with Crippen molar-refractivity contribution in [2.45, 2.75) is 13.0 Å². The molecular weight excluding hydrogens is 291 g/mol. The molecule has 1 nitrogen and oxygen atoms in total. The fourth-order valence-electron chi connectivity index (χ4n) is 1.76. The number of hydrogen-bond donors (Lipinski definition) is 1. The molecule has 19 heavy (non-hydrogen) atoms. The zero-order valence-corrected chi connectivity index (χ0v) is 11.6. The van der Waals surface area contributed by atoms with E-state index in [9.17, 15) is 8.78 Å². The third-order valence-corrected chi connectivity index (χ3v) is 3.34. The Labute approximate surface area is 120 Å². The van der Waals surface area contributed by atoms with Crippen LogP contribution in [0.25, 0.3) is 0 Å². The first kappa shape index (κ1) is 14.1. The van der Waals surface area contributed by atoms with E-state index in [0.29, 0.717) is 21.3 Å². The molecule has 0 fully saturated rings. The summed E-state index contributed by atoms with van der Waals surface area (Å²) in [5, 5.41) is 3.96. The molecule has 1 atom stereocenters. The van der Waals surface area contributed by atoms with E-state index in [1.54, 1.807) is 25.1 Å². The number of benzene rings is 2. The Hall–Kier alpha value is -1.32. The third kappa shape index (κ3) is 3.37. The molecule has 0 bridgehead atoms. The van der Waals surface area contributed by atoms with Gasteiger partial charge in [0, 0.05) is 12.1 Å². The molecule has 0 aromatic heterocycles. The second-order valence-corrected chi connectivity index (χ2v) is 4.98. The van der Waals surface area contributed by atoms with Crippen molar-refractivity contribution in [2.24, 2.45) is 0 Å². The molecule has 0 aliphatic carbocycles. The normalized spacial score (nSPS) is 12.3. The van der Waals surface area contributed by atoms with Crippen LogP contribution in [0.2, 0.25) is 10.0 Å². The van der Waals surface area contributed by atoms with Crippen LogP contribution in [0, 0.1) is 11.6 Å². The highest BCUT2D eigenvalue weighted by atomic mass is 35.5. The van der Waals surface area contributed by atoms with Crippen LogP contribution < -0.4 is 5.32 Å². The van der Waals surface area contributed by atoms with Crippen molar-refractivity contribution < 1.29 is 8.78 Å². The van der Waals surface area contributed by atoms with Crippen molar-refractivity contribution in [1.29, 1.82) is 0 Å². The van der Waals surface area contributed by atoms with E-state index in [0.717, 1.165) is 6.07 Å². The predicted octanol–water partition coefficient (Wildman–Crippen LogP) is 5.44. The predicted molar refractivity (Wildman–Crippen MR) is 74.9 cm³/mol. The quantitative estimate of drug-likeness (QED) is 0.795. The van der Waals surface area contributed by atoms with Crippen molar-refractivity contribution in [2.75, 3.05) is 5.32 Å². The van der Waals surface area contributed by atoms with E-state index in [-0.39, 0.29) is 6.04 Å². The number of anilines is 1. The molecule has 0 heterocycles. The van der Waals surface area contributed by atoms with E-state index < -0.39 is 11.6 Å². The highest BCUT2D eigenvalue weighted by Gasteiger charge is 2.12. The molecule has 0 spiro atoms. The number of hydrogen-bond acceptors (Lipinski definition) is 1. The maximum Gasteiger partial charge on any atom is 0.126 e. The minimum Gasteiger partial charge on any atom is -0.376 e. The zero-order chi connectivity index (χ0) is 14.0. The summed E-state index contributed by atoms with van der Waals surface area (Å²) in [7, 11) is 0. The van der Waals surface area contributed by atoms with Crippen LogP contribution in [-0.2, 0) is 0 Å². The van der Waals surface area contributed by atoms with Gasteiger partial charge in [0.05, 0.1) is 15.7 Å². The Kier molecular flexibility index (Phi) is 4.27. The van der Waals surface area contributed by atoms with Gasteiger partial charge in [0.1, 0.15) is 11.6 Å². The average molecular weight is 302 g/mol. The van der Waals surface area contributed by atoms with Gasteiger partial charge in [0.25, 0.3) is 0 Å². The molecule has 0 saturated carbocycles. The first-order valence-corrected chi connectivity index (χ1v) is 6.39. The zero-order valence-electron chi connectivity index (χ0n) is 10.1. The summed E-state index contributed by atoms with van der Waals surface area (Å²) in [4.78, 5) is 0. The van der Waals surface area contributed by atoms with Crippen molar-refractivity contribution in [3.63, 3.8) is 0 Å². The number of para-hydroxylation sites is 1. The summed E-state index contributed by atoms with van der Waals surface area (Å²) in [5.41, 5.74) is 1.02. The Bertz CT molecular complexity index is 561. The standard InChI is InChI=1S/C14H11Cl2F2N/c1-8(9-5-10(17)7-11(18)6-9)19-14-12(15)3-2-4-13(14)16/h2-8,19H,1H3. The largest absolute Gasteiger partial charge is 0.376 e. The molecule has 0 saturated heterocycles. The lowest BCUT2D eigenvalue weighted by Gasteiger charge is -2.18. The number of halogens is 4. The second kappa shape index (κ2) is 5.76. The van der Waals surface area contributed by atoms with Crippen molar-refractivity contribution in [3.05, 3.63) is 63.6 Å². The van der Waals surface area contributed by atoms with E-state index in [2.05, 4.69) is 5.32 Å². The van der Waals surface area contributed by atoms with Gasteiger partial charge in [-0.1, -0.05) is 29.3 Å². The molecule has 100 valence electrons. The topological polar surface area (TPSA) is 12.0 Å². The summed E-state index contributed by atoms with van der Waals surface area (Å²) in [6.07, 6.45) is 0. The molecule has 0 radical (unpaired) electrons. The molecule has 2 rings (SSSR count). The molecule has 2 aromatic rings. The lowest BCUT2D eigenvalue weighted by atomic mass is 10.1. The molecule has 2 aromatic carbocycles. The first-order valence-electron chi connectivity index (χ1n) is 5.64. The summed E-state index contributed by atoms with van der Waals surface area (Å²) in [5.74, 6) is -1.23. The summed E-state index contributed by atoms with van der Waals surface area (Å²) in [6, 6.07) is 8.14. The SMILES string of the molecule is CC(Nc1c(Cl)cccc1Cl)c1cc(F)cc(F)c1. The Morgan fingerprint density at radius 3 is 2.05 bits per heavy atom. The van der Waals surface area contributed by atoms with Crippen molar-refractivity contribution in [1.82, 2.24) is 0 Å². The van der Waals surface area contributed by atoms with Crippen LogP contribution >= 0.6 is 23.2 Å². The smallest absolute Gasteiger partial charge is 0.126 e. The molecule has 0 amide bonds. The average Bonchev–Trinajstić information content (AvgIpc) is 2.32. The fourth-order valence-corrected chi connectivity index (χ4v) is 2.27. The minimum atomic E-state index is -0.617. The lowest BCUT2D eigenvalue weighted by molar-refractivity contribution is 0.577. The maximum absolute atomic E-state index is 13.2. The van der Waals surface area contributed by atoms with Gasteiger partial charge in [0.15, 0.2) is 0 Å². The van der Waals surface area contributed by atoms with Crippen LogP contribution in [0.5, 0.6) is 0 Å². The van der Waals surface area contributed by atoms with E-state index in [4.69, 9.17) is 23.2 Å². The van der Waals surface area contributed by atoms with Gasteiger partial charge in [-0.3, -0.25) is 0 Å². The van der Waals surface area contributed by atoms with Crippen LogP contribution in [0.1, 0.15) is 18.5 Å². The van der Waals surface area contributed by atoms with Gasteiger partial charge in [0.2, 0.25) is 0 Å². The minimum absolute atomic E-state index is 0.331. The lowest BCUT2D eigenvalue weighted by Crippen LogP contribution is -2.08. The van der Waals surface area contributed by atoms with E-state index in [1.807, 2.05) is 0 Å². The summed E-state index contributed by atoms with van der Waals surface area (Å²) in [6.45, 7) is 1.77. The number of nitrogens with one attached hydrogen (secondary N) is 1. The van der Waals surface area contributed by atoms with Gasteiger partial charge >= 0.3 is 0 Å². The third-order valence-electron chi connectivity index (χ3n) is 2.71. The monoisotopic (exact) mass is 301 g/mol. The first-order chi connectivity index (χ1) is 8.97. The van der Waals surface area contributed by atoms with Gasteiger partial charge in [-0.2, -0.15) is 0 Å². The molecule has 0 aliphatic rings.